The number of halogens is 1. The van der Waals surface area contributed by atoms with Crippen LogP contribution >= 0.6 is 22.9 Å². The fourth-order valence-corrected chi connectivity index (χ4v) is 5.31. The second kappa shape index (κ2) is 8.62. The first-order valence-electron chi connectivity index (χ1n) is 11.5. The van der Waals surface area contributed by atoms with Crippen LogP contribution in [0.4, 0.5) is 5.82 Å². The van der Waals surface area contributed by atoms with E-state index in [9.17, 15) is 9.90 Å². The Balaban J connectivity index is 1.58. The maximum atomic E-state index is 11.8. The number of nitrogens with zero attached hydrogens (tertiary/aromatic N) is 4. The van der Waals surface area contributed by atoms with E-state index in [0.29, 0.717) is 40.3 Å². The summed E-state index contributed by atoms with van der Waals surface area (Å²) in [6.45, 7) is 2.62. The molecule has 1 aliphatic rings. The molecule has 6 rings (SSSR count). The van der Waals surface area contributed by atoms with Crippen LogP contribution in [-0.2, 0) is 6.54 Å². The van der Waals surface area contributed by atoms with Crippen LogP contribution < -0.4 is 5.32 Å². The molecule has 35 heavy (non-hydrogen) atoms. The zero-order chi connectivity index (χ0) is 24.1. The number of aromatic nitrogens is 4. The lowest BCUT2D eigenvalue weighted by atomic mass is 10.1. The Kier molecular flexibility index (Phi) is 5.42. The number of rotatable bonds is 7. The number of benzene rings is 2. The quantitative estimate of drug-likeness (QED) is 0.270. The van der Waals surface area contributed by atoms with Crippen molar-refractivity contribution in [1.82, 2.24) is 19.5 Å². The monoisotopic (exact) mass is 503 g/mol. The van der Waals surface area contributed by atoms with Crippen LogP contribution in [0.2, 0.25) is 5.02 Å². The summed E-state index contributed by atoms with van der Waals surface area (Å²) in [5, 5.41) is 17.0. The van der Waals surface area contributed by atoms with E-state index in [4.69, 9.17) is 16.6 Å². The Bertz CT molecular complexity index is 1570. The van der Waals surface area contributed by atoms with E-state index in [0.717, 1.165) is 29.4 Å². The van der Waals surface area contributed by atoms with Gasteiger partial charge in [0, 0.05) is 27.9 Å². The number of fused-ring (bicyclic) bond motifs is 2. The fourth-order valence-electron chi connectivity index (χ4n) is 4.41. The fraction of sp³-hybridized carbons (Fsp3) is 0.231. The standard InChI is InChI=1S/C26H22ClN5O2S/c1-14(16-4-5-16)28-22-21-23(30-24(29-22)26(33)34)31-25(18-6-9-20-17(12-18)10-11-35-20)32(21)13-15-2-7-19(27)8-3-15/h2-3,6-12,14,16H,4-5,13H2,1H3,(H,33,34)(H,28,29,30)/t14-/m1/s1. The maximum absolute atomic E-state index is 11.8. The molecule has 3 heterocycles. The van der Waals surface area contributed by atoms with Gasteiger partial charge in [0.25, 0.3) is 0 Å². The van der Waals surface area contributed by atoms with Gasteiger partial charge in [-0.25, -0.2) is 19.7 Å². The number of aromatic carboxylic acids is 1. The molecule has 0 aliphatic heterocycles. The molecular weight excluding hydrogens is 482 g/mol. The second-order valence-corrected chi connectivity index (χ2v) is 10.3. The molecule has 9 heteroatoms. The minimum Gasteiger partial charge on any atom is -0.475 e. The molecule has 1 aliphatic carbocycles. The van der Waals surface area contributed by atoms with Crippen molar-refractivity contribution >= 4 is 56.0 Å². The molecule has 5 aromatic rings. The number of carboxylic acids is 1. The Morgan fingerprint density at radius 3 is 2.71 bits per heavy atom. The van der Waals surface area contributed by atoms with Gasteiger partial charge in [0.15, 0.2) is 11.5 Å². The van der Waals surface area contributed by atoms with Gasteiger partial charge < -0.3 is 15.0 Å². The van der Waals surface area contributed by atoms with E-state index in [1.54, 1.807) is 11.3 Å². The van der Waals surface area contributed by atoms with Crippen LogP contribution in [0.3, 0.4) is 0 Å². The van der Waals surface area contributed by atoms with Crippen LogP contribution in [0.25, 0.3) is 32.6 Å². The van der Waals surface area contributed by atoms with Crippen LogP contribution in [-0.4, -0.2) is 36.6 Å². The molecule has 0 bridgehead atoms. The molecular formula is C26H22ClN5O2S. The average molecular weight is 504 g/mol. The summed E-state index contributed by atoms with van der Waals surface area (Å²) in [6.07, 6.45) is 2.31. The molecule has 7 nitrogen and oxygen atoms in total. The van der Waals surface area contributed by atoms with E-state index in [2.05, 4.69) is 50.4 Å². The third-order valence-corrected chi connectivity index (χ3v) is 7.60. The van der Waals surface area contributed by atoms with Gasteiger partial charge in [-0.2, -0.15) is 0 Å². The summed E-state index contributed by atoms with van der Waals surface area (Å²) in [4.78, 5) is 25.4. The van der Waals surface area contributed by atoms with Crippen molar-refractivity contribution in [3.8, 4) is 11.4 Å². The minimum absolute atomic E-state index is 0.166. The molecule has 1 saturated carbocycles. The van der Waals surface area contributed by atoms with E-state index < -0.39 is 5.97 Å². The topological polar surface area (TPSA) is 92.9 Å². The molecule has 2 N–H and O–H groups in total. The lowest BCUT2D eigenvalue weighted by Gasteiger charge is -2.17. The van der Waals surface area contributed by atoms with Gasteiger partial charge in [-0.05, 0) is 78.4 Å². The number of carboxylic acid groups (broad SMARTS) is 1. The number of carbonyl (C=O) groups is 1. The van der Waals surface area contributed by atoms with E-state index >= 15 is 0 Å². The third-order valence-electron chi connectivity index (χ3n) is 6.45. The average Bonchev–Trinajstić information content (AvgIpc) is 3.49. The zero-order valence-electron chi connectivity index (χ0n) is 18.9. The first-order chi connectivity index (χ1) is 17.0. The Morgan fingerprint density at radius 1 is 1.17 bits per heavy atom. The predicted molar refractivity (Wildman–Crippen MR) is 139 cm³/mol. The van der Waals surface area contributed by atoms with Crippen LogP contribution in [0.15, 0.2) is 53.9 Å². The molecule has 176 valence electrons. The lowest BCUT2D eigenvalue weighted by Crippen LogP contribution is -2.20. The van der Waals surface area contributed by atoms with Crippen LogP contribution in [0, 0.1) is 5.92 Å². The van der Waals surface area contributed by atoms with Gasteiger partial charge in [-0.1, -0.05) is 23.7 Å². The van der Waals surface area contributed by atoms with Crippen molar-refractivity contribution in [2.75, 3.05) is 5.32 Å². The molecule has 0 spiro atoms. The molecule has 0 radical (unpaired) electrons. The molecule has 0 amide bonds. The van der Waals surface area contributed by atoms with Gasteiger partial charge >= 0.3 is 5.97 Å². The molecule has 0 unspecified atom stereocenters. The Hall–Kier alpha value is -3.49. The number of hydrogen-bond acceptors (Lipinski definition) is 6. The first kappa shape index (κ1) is 22.0. The van der Waals surface area contributed by atoms with E-state index in [-0.39, 0.29) is 11.9 Å². The van der Waals surface area contributed by atoms with E-state index in [1.165, 1.54) is 4.70 Å². The molecule has 2 aromatic carbocycles. The largest absolute Gasteiger partial charge is 0.475 e. The van der Waals surface area contributed by atoms with Crippen LogP contribution in [0.5, 0.6) is 0 Å². The van der Waals surface area contributed by atoms with Gasteiger partial charge in [0.05, 0.1) is 0 Å². The number of imidazole rings is 1. The van der Waals surface area contributed by atoms with Crippen LogP contribution in [0.1, 0.15) is 35.9 Å². The first-order valence-corrected chi connectivity index (χ1v) is 12.7. The second-order valence-electron chi connectivity index (χ2n) is 8.96. The summed E-state index contributed by atoms with van der Waals surface area (Å²) >= 11 is 7.81. The van der Waals surface area contributed by atoms with Crippen molar-refractivity contribution in [3.63, 3.8) is 0 Å². The molecule has 1 atom stereocenters. The number of hydrogen-bond donors (Lipinski definition) is 2. The summed E-state index contributed by atoms with van der Waals surface area (Å²) in [5.74, 6) is 0.320. The SMILES string of the molecule is C[C@@H](Nc1nc(C(=O)O)nc2nc(-c3ccc4sccc4c3)n(Cc3ccc(Cl)cc3)c12)C1CC1. The maximum Gasteiger partial charge on any atom is 0.374 e. The minimum atomic E-state index is -1.18. The third kappa shape index (κ3) is 4.24. The highest BCUT2D eigenvalue weighted by Crippen LogP contribution is 2.36. The Morgan fingerprint density at radius 2 is 1.97 bits per heavy atom. The summed E-state index contributed by atoms with van der Waals surface area (Å²) in [5.41, 5.74) is 3.02. The van der Waals surface area contributed by atoms with Gasteiger partial charge in [0.1, 0.15) is 11.3 Å². The summed E-state index contributed by atoms with van der Waals surface area (Å²) in [6, 6.07) is 16.2. The summed E-state index contributed by atoms with van der Waals surface area (Å²) < 4.78 is 3.27. The number of nitrogens with one attached hydrogen (secondary N) is 1. The highest BCUT2D eigenvalue weighted by atomic mass is 35.5. The van der Waals surface area contributed by atoms with E-state index in [1.807, 2.05) is 30.3 Å². The molecule has 3 aromatic heterocycles. The van der Waals surface area contributed by atoms with Crippen molar-refractivity contribution in [1.29, 1.82) is 0 Å². The highest BCUT2D eigenvalue weighted by molar-refractivity contribution is 7.17. The predicted octanol–water partition coefficient (Wildman–Crippen LogP) is 6.32. The highest BCUT2D eigenvalue weighted by Gasteiger charge is 2.30. The Labute approximate surface area is 210 Å². The summed E-state index contributed by atoms with van der Waals surface area (Å²) in [7, 11) is 0. The molecule has 1 fully saturated rings. The smallest absolute Gasteiger partial charge is 0.374 e. The van der Waals surface area contributed by atoms with Crippen molar-refractivity contribution in [2.24, 2.45) is 5.92 Å². The van der Waals surface area contributed by atoms with Gasteiger partial charge in [-0.15, -0.1) is 11.3 Å². The zero-order valence-corrected chi connectivity index (χ0v) is 20.5. The van der Waals surface area contributed by atoms with Crippen molar-refractivity contribution < 1.29 is 9.90 Å². The van der Waals surface area contributed by atoms with Crippen molar-refractivity contribution in [3.05, 3.63) is 70.3 Å². The normalized spacial score (nSPS) is 14.5. The number of thiophene rings is 1. The number of anilines is 1. The van der Waals surface area contributed by atoms with Gasteiger partial charge in [-0.3, -0.25) is 0 Å². The van der Waals surface area contributed by atoms with Gasteiger partial charge in [0.2, 0.25) is 5.82 Å². The van der Waals surface area contributed by atoms with Crippen molar-refractivity contribution in [2.45, 2.75) is 32.4 Å². The molecule has 0 saturated heterocycles. The lowest BCUT2D eigenvalue weighted by molar-refractivity contribution is 0.0684.